The number of carbonyl (C=O) groups is 1. The number of rotatable bonds is 2. The van der Waals surface area contributed by atoms with E-state index in [0.717, 1.165) is 31.6 Å². The summed E-state index contributed by atoms with van der Waals surface area (Å²) in [4.78, 5) is 14.7. The molecule has 0 spiro atoms. The van der Waals surface area contributed by atoms with Gasteiger partial charge in [0.25, 0.3) is 0 Å². The van der Waals surface area contributed by atoms with Crippen molar-refractivity contribution in [1.29, 1.82) is 0 Å². The molecule has 0 aromatic heterocycles. The number of aryl methyl sites for hydroxylation is 2. The van der Waals surface area contributed by atoms with Crippen LogP contribution in [0.5, 0.6) is 0 Å². The molecule has 2 rings (SSSR count). The van der Waals surface area contributed by atoms with Crippen LogP contribution < -0.4 is 10.2 Å². The third-order valence-electron chi connectivity index (χ3n) is 3.88. The molecule has 1 aliphatic rings. The lowest BCUT2D eigenvalue weighted by Gasteiger charge is -2.31. The minimum atomic E-state index is -0.482. The highest BCUT2D eigenvalue weighted by atomic mass is 16.2. The van der Waals surface area contributed by atoms with Crippen LogP contribution in [0.25, 0.3) is 0 Å². The Morgan fingerprint density at radius 1 is 1.37 bits per heavy atom. The number of hydrogen-bond acceptors (Lipinski definition) is 2. The van der Waals surface area contributed by atoms with Crippen LogP contribution in [0.15, 0.2) is 18.2 Å². The molecule has 1 saturated heterocycles. The fourth-order valence-corrected chi connectivity index (χ4v) is 2.76. The maximum absolute atomic E-state index is 12.8. The van der Waals surface area contributed by atoms with E-state index in [4.69, 9.17) is 0 Å². The molecule has 1 N–H and O–H groups in total. The van der Waals surface area contributed by atoms with Gasteiger partial charge in [-0.1, -0.05) is 25.1 Å². The fourth-order valence-electron chi connectivity index (χ4n) is 2.76. The van der Waals surface area contributed by atoms with Crippen LogP contribution in [0, 0.1) is 6.92 Å². The van der Waals surface area contributed by atoms with Crippen LogP contribution in [-0.4, -0.2) is 24.5 Å². The average Bonchev–Trinajstić information content (AvgIpc) is 2.50. The molecule has 1 amide bonds. The summed E-state index contributed by atoms with van der Waals surface area (Å²) < 4.78 is 0. The number of nitrogens with one attached hydrogen (secondary N) is 1. The van der Waals surface area contributed by atoms with Crippen molar-refractivity contribution >= 4 is 11.6 Å². The zero-order valence-electron chi connectivity index (χ0n) is 12.4. The molecule has 0 aliphatic carbocycles. The van der Waals surface area contributed by atoms with Gasteiger partial charge in [-0.25, -0.2) is 0 Å². The Morgan fingerprint density at radius 3 is 2.79 bits per heavy atom. The van der Waals surface area contributed by atoms with E-state index in [2.05, 4.69) is 37.4 Å². The average molecular weight is 260 g/mol. The van der Waals surface area contributed by atoms with Gasteiger partial charge in [-0.3, -0.25) is 4.79 Å². The van der Waals surface area contributed by atoms with Crippen molar-refractivity contribution in [2.75, 3.05) is 18.0 Å². The number of benzene rings is 1. The first-order valence-corrected chi connectivity index (χ1v) is 7.13. The van der Waals surface area contributed by atoms with E-state index in [1.54, 1.807) is 0 Å². The summed E-state index contributed by atoms with van der Waals surface area (Å²) in [5.74, 6) is 0.175. The van der Waals surface area contributed by atoms with Gasteiger partial charge in [0.05, 0.1) is 5.54 Å². The van der Waals surface area contributed by atoms with Crippen molar-refractivity contribution in [2.24, 2.45) is 0 Å². The molecule has 0 atom stereocenters. The van der Waals surface area contributed by atoms with E-state index in [-0.39, 0.29) is 5.91 Å². The number of para-hydroxylation sites is 1. The lowest BCUT2D eigenvalue weighted by Crippen LogP contribution is -2.52. The molecule has 0 unspecified atom stereocenters. The third-order valence-corrected chi connectivity index (χ3v) is 3.88. The monoisotopic (exact) mass is 260 g/mol. The minimum absolute atomic E-state index is 0.175. The van der Waals surface area contributed by atoms with Crippen molar-refractivity contribution in [2.45, 2.75) is 46.1 Å². The van der Waals surface area contributed by atoms with Gasteiger partial charge in [-0.15, -0.1) is 0 Å². The maximum atomic E-state index is 12.8. The van der Waals surface area contributed by atoms with Crippen LogP contribution in [0.4, 0.5) is 5.69 Å². The summed E-state index contributed by atoms with van der Waals surface area (Å²) in [5.41, 5.74) is 3.08. The SMILES string of the molecule is CCc1cccc(C)c1N1CCCNC(C)(C)C1=O. The second-order valence-corrected chi connectivity index (χ2v) is 5.80. The van der Waals surface area contributed by atoms with Gasteiger partial charge >= 0.3 is 0 Å². The molecular weight excluding hydrogens is 236 g/mol. The molecular formula is C16H24N2O. The van der Waals surface area contributed by atoms with Gasteiger partial charge in [-0.05, 0) is 51.3 Å². The first-order chi connectivity index (χ1) is 8.97. The van der Waals surface area contributed by atoms with E-state index < -0.39 is 5.54 Å². The number of nitrogens with zero attached hydrogens (tertiary/aromatic N) is 1. The van der Waals surface area contributed by atoms with Crippen LogP contribution in [0.2, 0.25) is 0 Å². The van der Waals surface area contributed by atoms with Crippen molar-refractivity contribution in [3.05, 3.63) is 29.3 Å². The van der Waals surface area contributed by atoms with Crippen molar-refractivity contribution in [1.82, 2.24) is 5.32 Å². The normalized spacial score (nSPS) is 19.4. The van der Waals surface area contributed by atoms with Crippen LogP contribution in [0.3, 0.4) is 0 Å². The van der Waals surface area contributed by atoms with Crippen molar-refractivity contribution < 1.29 is 4.79 Å². The summed E-state index contributed by atoms with van der Waals surface area (Å²) >= 11 is 0. The quantitative estimate of drug-likeness (QED) is 0.886. The van der Waals surface area contributed by atoms with Crippen molar-refractivity contribution in [3.63, 3.8) is 0 Å². The number of hydrogen-bond donors (Lipinski definition) is 1. The second kappa shape index (κ2) is 5.33. The Labute approximate surface area is 116 Å². The molecule has 1 aromatic carbocycles. The summed E-state index contributed by atoms with van der Waals surface area (Å²) in [6.07, 6.45) is 1.95. The van der Waals surface area contributed by atoms with E-state index in [1.807, 2.05) is 18.7 Å². The molecule has 1 fully saturated rings. The van der Waals surface area contributed by atoms with Crippen LogP contribution in [0.1, 0.15) is 38.3 Å². The highest BCUT2D eigenvalue weighted by molar-refractivity contribution is 6.01. The summed E-state index contributed by atoms with van der Waals surface area (Å²) in [7, 11) is 0. The lowest BCUT2D eigenvalue weighted by molar-refractivity contribution is -0.123. The minimum Gasteiger partial charge on any atom is -0.310 e. The zero-order valence-corrected chi connectivity index (χ0v) is 12.4. The predicted octanol–water partition coefficient (Wildman–Crippen LogP) is 2.66. The maximum Gasteiger partial charge on any atom is 0.246 e. The third kappa shape index (κ3) is 2.66. The van der Waals surface area contributed by atoms with Crippen LogP contribution >= 0.6 is 0 Å². The zero-order chi connectivity index (χ0) is 14.0. The fraction of sp³-hybridized carbons (Fsp3) is 0.562. The smallest absolute Gasteiger partial charge is 0.246 e. The van der Waals surface area contributed by atoms with E-state index in [1.165, 1.54) is 11.1 Å². The topological polar surface area (TPSA) is 32.3 Å². The van der Waals surface area contributed by atoms with Gasteiger partial charge in [0, 0.05) is 12.2 Å². The van der Waals surface area contributed by atoms with E-state index in [0.29, 0.717) is 0 Å². The second-order valence-electron chi connectivity index (χ2n) is 5.80. The number of anilines is 1. The number of carbonyl (C=O) groups excluding carboxylic acids is 1. The van der Waals surface area contributed by atoms with Gasteiger partial charge in [0.15, 0.2) is 0 Å². The highest BCUT2D eigenvalue weighted by Crippen LogP contribution is 2.29. The highest BCUT2D eigenvalue weighted by Gasteiger charge is 2.35. The predicted molar refractivity (Wildman–Crippen MR) is 79.6 cm³/mol. The van der Waals surface area contributed by atoms with Gasteiger partial charge < -0.3 is 10.2 Å². The summed E-state index contributed by atoms with van der Waals surface area (Å²) in [6, 6.07) is 6.29. The van der Waals surface area contributed by atoms with Crippen molar-refractivity contribution in [3.8, 4) is 0 Å². The molecule has 104 valence electrons. The Kier molecular flexibility index (Phi) is 3.95. The lowest BCUT2D eigenvalue weighted by atomic mass is 10.0. The number of amides is 1. The molecule has 0 saturated carbocycles. The van der Waals surface area contributed by atoms with E-state index in [9.17, 15) is 4.79 Å². The Hall–Kier alpha value is -1.35. The molecule has 0 radical (unpaired) electrons. The summed E-state index contributed by atoms with van der Waals surface area (Å²) in [6.45, 7) is 9.86. The molecule has 19 heavy (non-hydrogen) atoms. The largest absolute Gasteiger partial charge is 0.310 e. The van der Waals surface area contributed by atoms with Gasteiger partial charge in [0.2, 0.25) is 5.91 Å². The van der Waals surface area contributed by atoms with E-state index >= 15 is 0 Å². The first-order valence-electron chi connectivity index (χ1n) is 7.13. The molecule has 1 heterocycles. The standard InChI is InChI=1S/C16H24N2O/c1-5-13-9-6-8-12(2)14(13)18-11-7-10-17-16(3,4)15(18)19/h6,8-9,17H,5,7,10-11H2,1-4H3. The first kappa shape index (κ1) is 14.1. The Morgan fingerprint density at radius 2 is 2.11 bits per heavy atom. The van der Waals surface area contributed by atoms with Crippen LogP contribution in [-0.2, 0) is 11.2 Å². The Bertz CT molecular complexity index is 480. The molecule has 0 bridgehead atoms. The molecule has 3 heteroatoms. The Balaban J connectivity index is 2.47. The molecule has 1 aliphatic heterocycles. The molecule has 3 nitrogen and oxygen atoms in total. The van der Waals surface area contributed by atoms with Gasteiger partial charge in [0.1, 0.15) is 0 Å². The van der Waals surface area contributed by atoms with Gasteiger partial charge in [-0.2, -0.15) is 0 Å². The summed E-state index contributed by atoms with van der Waals surface area (Å²) in [5, 5.41) is 3.34. The molecule has 1 aromatic rings.